The fraction of sp³-hybridized carbons (Fsp3) is 0.600. The van der Waals surface area contributed by atoms with Crippen LogP contribution < -0.4 is 10.0 Å². The van der Waals surface area contributed by atoms with Gasteiger partial charge in [0.05, 0.1) is 13.7 Å². The van der Waals surface area contributed by atoms with Crippen LogP contribution in [-0.4, -0.2) is 129 Å². The van der Waals surface area contributed by atoms with Gasteiger partial charge < -0.3 is 24.8 Å². The minimum Gasteiger partial charge on any atom is -0.467 e. The molecule has 0 bridgehead atoms. The number of halogens is 1. The van der Waals surface area contributed by atoms with Gasteiger partial charge in [-0.3, -0.25) is 14.5 Å². The second kappa shape index (κ2) is 14.4. The van der Waals surface area contributed by atoms with Gasteiger partial charge in [0.2, 0.25) is 11.8 Å². The SMILES string of the molecule is COC(=O)C(C)NC(=O)N(C)C1CCN(CC2CCCN2C(=O)CN2CCCC(NS(=O)(=O)c3cc4cc(Cl)ccc4s3)C2=O)C1. The molecule has 4 atom stereocenters. The molecule has 3 aliphatic rings. The van der Waals surface area contributed by atoms with Crippen LogP contribution in [-0.2, 0) is 29.1 Å². The molecule has 1 aromatic heterocycles. The molecule has 4 amide bonds. The molecule has 0 spiro atoms. The van der Waals surface area contributed by atoms with Crippen molar-refractivity contribution in [2.24, 2.45) is 0 Å². The Morgan fingerprint density at radius 3 is 2.65 bits per heavy atom. The van der Waals surface area contributed by atoms with E-state index in [0.717, 1.165) is 41.8 Å². The quantitative estimate of drug-likeness (QED) is 0.359. The Bertz CT molecular complexity index is 1590. The van der Waals surface area contributed by atoms with Gasteiger partial charge in [-0.2, -0.15) is 4.72 Å². The molecule has 0 saturated carbocycles. The van der Waals surface area contributed by atoms with Crippen molar-refractivity contribution in [1.82, 2.24) is 29.6 Å². The summed E-state index contributed by atoms with van der Waals surface area (Å²) in [6, 6.07) is 4.63. The van der Waals surface area contributed by atoms with E-state index in [4.69, 9.17) is 11.6 Å². The Balaban J connectivity index is 1.13. The number of fused-ring (bicyclic) bond motifs is 1. The van der Waals surface area contributed by atoms with Crippen LogP contribution in [0.1, 0.15) is 39.0 Å². The Kier molecular flexibility index (Phi) is 10.8. The molecule has 0 aliphatic carbocycles. The number of benzene rings is 1. The summed E-state index contributed by atoms with van der Waals surface area (Å²) in [5, 5.41) is 3.88. The van der Waals surface area contributed by atoms with E-state index in [2.05, 4.69) is 19.7 Å². The molecule has 1 aromatic carbocycles. The smallest absolute Gasteiger partial charge is 0.328 e. The lowest BCUT2D eigenvalue weighted by molar-refractivity contribution is -0.143. The number of urea groups is 1. The molecular weight excluding hydrogens is 656 g/mol. The summed E-state index contributed by atoms with van der Waals surface area (Å²) < 4.78 is 34.6. The number of carbonyl (C=O) groups excluding carboxylic acids is 4. The van der Waals surface area contributed by atoms with Gasteiger partial charge in [-0.1, -0.05) is 11.6 Å². The average molecular weight is 697 g/mol. The lowest BCUT2D eigenvalue weighted by Gasteiger charge is -2.35. The van der Waals surface area contributed by atoms with E-state index in [0.29, 0.717) is 49.4 Å². The highest BCUT2D eigenvalue weighted by Gasteiger charge is 2.38. The fourth-order valence-electron chi connectivity index (χ4n) is 6.46. The van der Waals surface area contributed by atoms with Crippen molar-refractivity contribution in [2.75, 3.05) is 53.4 Å². The maximum absolute atomic E-state index is 13.5. The Labute approximate surface area is 278 Å². The molecule has 2 aromatic rings. The molecule has 4 heterocycles. The first-order chi connectivity index (χ1) is 21.9. The Morgan fingerprint density at radius 2 is 1.89 bits per heavy atom. The van der Waals surface area contributed by atoms with E-state index in [1.807, 2.05) is 4.90 Å². The van der Waals surface area contributed by atoms with Crippen LogP contribution in [0.25, 0.3) is 10.1 Å². The summed E-state index contributed by atoms with van der Waals surface area (Å²) in [6.45, 7) is 4.54. The average Bonchev–Trinajstić information content (AvgIpc) is 3.78. The number of amides is 4. The number of likely N-dealkylation sites (tertiary alicyclic amines) is 3. The summed E-state index contributed by atoms with van der Waals surface area (Å²) in [5.74, 6) is -1.06. The molecule has 0 radical (unpaired) electrons. The molecule has 3 saturated heterocycles. The van der Waals surface area contributed by atoms with Gasteiger partial charge >= 0.3 is 12.0 Å². The third-order valence-electron chi connectivity index (χ3n) is 9.05. The summed E-state index contributed by atoms with van der Waals surface area (Å²) >= 11 is 7.17. The number of nitrogens with one attached hydrogen (secondary N) is 2. The van der Waals surface area contributed by atoms with Crippen LogP contribution in [0.5, 0.6) is 0 Å². The van der Waals surface area contributed by atoms with Gasteiger partial charge in [0.25, 0.3) is 10.0 Å². The number of likely N-dealkylation sites (N-methyl/N-ethyl adjacent to an activating group) is 1. The lowest BCUT2D eigenvalue weighted by Crippen LogP contribution is -2.55. The molecule has 252 valence electrons. The number of rotatable bonds is 10. The zero-order valence-corrected chi connectivity index (χ0v) is 28.6. The highest BCUT2D eigenvalue weighted by atomic mass is 35.5. The molecule has 2 N–H and O–H groups in total. The highest BCUT2D eigenvalue weighted by Crippen LogP contribution is 2.31. The Hall–Kier alpha value is -2.98. The molecule has 13 nitrogen and oxygen atoms in total. The van der Waals surface area contributed by atoms with Crippen LogP contribution in [0.2, 0.25) is 5.02 Å². The van der Waals surface area contributed by atoms with Crippen molar-refractivity contribution < 1.29 is 32.3 Å². The van der Waals surface area contributed by atoms with Crippen LogP contribution >= 0.6 is 22.9 Å². The summed E-state index contributed by atoms with van der Waals surface area (Å²) in [4.78, 5) is 58.4. The number of ether oxygens (including phenoxy) is 1. The van der Waals surface area contributed by atoms with Crippen LogP contribution in [0, 0.1) is 0 Å². The summed E-state index contributed by atoms with van der Waals surface area (Å²) in [5.41, 5.74) is 0. The number of thiophene rings is 1. The van der Waals surface area contributed by atoms with Crippen molar-refractivity contribution in [3.63, 3.8) is 0 Å². The number of piperidine rings is 1. The summed E-state index contributed by atoms with van der Waals surface area (Å²) in [7, 11) is -0.972. The van der Waals surface area contributed by atoms with E-state index in [1.54, 1.807) is 43.1 Å². The van der Waals surface area contributed by atoms with E-state index < -0.39 is 34.0 Å². The van der Waals surface area contributed by atoms with E-state index in [1.165, 1.54) is 12.0 Å². The van der Waals surface area contributed by atoms with Gasteiger partial charge in [-0.25, -0.2) is 18.0 Å². The predicted molar refractivity (Wildman–Crippen MR) is 174 cm³/mol. The predicted octanol–water partition coefficient (Wildman–Crippen LogP) is 2.09. The number of carbonyl (C=O) groups is 4. The van der Waals surface area contributed by atoms with Crippen LogP contribution in [0.4, 0.5) is 4.79 Å². The van der Waals surface area contributed by atoms with Gasteiger partial charge in [0.1, 0.15) is 16.3 Å². The topological polar surface area (TPSA) is 149 Å². The van der Waals surface area contributed by atoms with Gasteiger partial charge in [0, 0.05) is 61.6 Å². The van der Waals surface area contributed by atoms with E-state index in [9.17, 15) is 27.6 Å². The monoisotopic (exact) mass is 696 g/mol. The highest BCUT2D eigenvalue weighted by molar-refractivity contribution is 7.91. The third-order valence-corrected chi connectivity index (χ3v) is 12.3. The van der Waals surface area contributed by atoms with Crippen molar-refractivity contribution >= 4 is 66.9 Å². The number of nitrogens with zero attached hydrogens (tertiary/aromatic N) is 4. The van der Waals surface area contributed by atoms with Crippen molar-refractivity contribution in [2.45, 2.75) is 67.4 Å². The Morgan fingerprint density at radius 1 is 1.13 bits per heavy atom. The minimum atomic E-state index is -3.96. The van der Waals surface area contributed by atoms with Crippen LogP contribution in [0.3, 0.4) is 0 Å². The fourth-order valence-corrected chi connectivity index (χ4v) is 9.26. The molecule has 16 heteroatoms. The van der Waals surface area contributed by atoms with E-state index in [-0.39, 0.29) is 34.8 Å². The number of esters is 1. The standard InChI is InChI=1S/C30H41ClN6O7S2/c1-19(29(40)44-3)32-30(41)34(2)22-10-13-35(16-22)17-23-6-4-12-37(23)26(38)18-36-11-5-7-24(28(36)39)33-46(42,43)27-15-20-14-21(31)8-9-25(20)45-27/h8-9,14-15,19,22-24,33H,4-7,10-13,16-18H2,1-3H3,(H,32,41). The first kappa shape index (κ1) is 34.4. The number of sulfonamides is 1. The van der Waals surface area contributed by atoms with Gasteiger partial charge in [0.15, 0.2) is 0 Å². The number of methoxy groups -OCH3 is 1. The minimum absolute atomic E-state index is 0.0135. The molecule has 46 heavy (non-hydrogen) atoms. The second-order valence-corrected chi connectivity index (χ2v) is 15.7. The van der Waals surface area contributed by atoms with Gasteiger partial charge in [-0.05, 0) is 68.7 Å². The van der Waals surface area contributed by atoms with Crippen molar-refractivity contribution in [3.05, 3.63) is 29.3 Å². The number of hydrogen-bond donors (Lipinski definition) is 2. The lowest BCUT2D eigenvalue weighted by atomic mass is 10.1. The zero-order chi connectivity index (χ0) is 33.2. The molecule has 3 aliphatic heterocycles. The maximum Gasteiger partial charge on any atom is 0.328 e. The largest absolute Gasteiger partial charge is 0.467 e. The van der Waals surface area contributed by atoms with Crippen LogP contribution in [0.15, 0.2) is 28.5 Å². The first-order valence-corrected chi connectivity index (χ1v) is 18.2. The molecule has 3 fully saturated rings. The second-order valence-electron chi connectivity index (χ2n) is 12.2. The zero-order valence-electron chi connectivity index (χ0n) is 26.2. The summed E-state index contributed by atoms with van der Waals surface area (Å²) in [6.07, 6.45) is 3.41. The van der Waals surface area contributed by atoms with Gasteiger partial charge in [-0.15, -0.1) is 11.3 Å². The normalized spacial score (nSPS) is 23.1. The molecule has 4 unspecified atom stereocenters. The maximum atomic E-state index is 13.5. The number of hydrogen-bond acceptors (Lipinski definition) is 9. The first-order valence-electron chi connectivity index (χ1n) is 15.5. The van der Waals surface area contributed by atoms with Crippen molar-refractivity contribution in [3.8, 4) is 0 Å². The van der Waals surface area contributed by atoms with E-state index >= 15 is 0 Å². The molecule has 5 rings (SSSR count). The van der Waals surface area contributed by atoms with Crippen molar-refractivity contribution in [1.29, 1.82) is 0 Å². The molecular formula is C30H41ClN6O7S2. The third kappa shape index (κ3) is 7.76.